The summed E-state index contributed by atoms with van der Waals surface area (Å²) in [6.45, 7) is 0.357. The van der Waals surface area contributed by atoms with Crippen LogP contribution in [0.15, 0.2) is 36.7 Å². The average molecular weight is 275 g/mol. The van der Waals surface area contributed by atoms with Gasteiger partial charge in [-0.2, -0.15) is 0 Å². The molecule has 1 aromatic heterocycles. The predicted octanol–water partition coefficient (Wildman–Crippen LogP) is 1.91. The second kappa shape index (κ2) is 5.69. The Kier molecular flexibility index (Phi) is 3.80. The average Bonchev–Trinajstić information content (AvgIpc) is 2.46. The van der Waals surface area contributed by atoms with Crippen LogP contribution in [0.3, 0.4) is 0 Å². The number of nitrogens with zero attached hydrogens (tertiary/aromatic N) is 4. The fourth-order valence-corrected chi connectivity index (χ4v) is 1.42. The minimum absolute atomic E-state index is 0.0142. The molecule has 0 aliphatic heterocycles. The number of benzene rings is 1. The molecule has 2 aromatic rings. The molecule has 9 nitrogen and oxygen atoms in total. The van der Waals surface area contributed by atoms with Gasteiger partial charge in [0.05, 0.1) is 9.85 Å². The SMILES string of the molecule is O=[N+]([O-])c1ccc(CNc2ncc([N+](=O)[O-])cn2)cc1. The molecular formula is C11H9N5O4. The van der Waals surface area contributed by atoms with Crippen LogP contribution in [0, 0.1) is 20.2 Å². The highest BCUT2D eigenvalue weighted by atomic mass is 16.6. The van der Waals surface area contributed by atoms with Crippen molar-refractivity contribution >= 4 is 17.3 Å². The summed E-state index contributed by atoms with van der Waals surface area (Å²) in [7, 11) is 0. The van der Waals surface area contributed by atoms with E-state index in [1.54, 1.807) is 12.1 Å². The van der Waals surface area contributed by atoms with E-state index in [9.17, 15) is 20.2 Å². The molecule has 0 saturated heterocycles. The summed E-state index contributed by atoms with van der Waals surface area (Å²) in [4.78, 5) is 27.4. The summed E-state index contributed by atoms with van der Waals surface area (Å²) in [5.41, 5.74) is 0.628. The van der Waals surface area contributed by atoms with Gasteiger partial charge >= 0.3 is 5.69 Å². The number of hydrogen-bond acceptors (Lipinski definition) is 7. The Morgan fingerprint density at radius 1 is 0.950 bits per heavy atom. The monoisotopic (exact) mass is 275 g/mol. The van der Waals surface area contributed by atoms with Gasteiger partial charge in [-0.15, -0.1) is 0 Å². The quantitative estimate of drug-likeness (QED) is 0.652. The van der Waals surface area contributed by atoms with Gasteiger partial charge in [0.2, 0.25) is 5.95 Å². The van der Waals surface area contributed by atoms with Crippen molar-refractivity contribution in [2.24, 2.45) is 0 Å². The Labute approximate surface area is 112 Å². The molecule has 0 unspecified atom stereocenters. The first-order chi connectivity index (χ1) is 9.56. The van der Waals surface area contributed by atoms with Crippen molar-refractivity contribution in [3.8, 4) is 0 Å². The molecule has 0 aliphatic rings. The third-order valence-corrected chi connectivity index (χ3v) is 2.45. The van der Waals surface area contributed by atoms with Crippen LogP contribution in [0.2, 0.25) is 0 Å². The van der Waals surface area contributed by atoms with Crippen LogP contribution in [0.4, 0.5) is 17.3 Å². The molecule has 0 aliphatic carbocycles. The lowest BCUT2D eigenvalue weighted by Gasteiger charge is -2.03. The lowest BCUT2D eigenvalue weighted by Crippen LogP contribution is -2.04. The standard InChI is InChI=1S/C11H9N5O4/c17-15(18)9-3-1-8(2-4-9)5-12-11-13-6-10(7-14-11)16(19)20/h1-4,6-7H,5H2,(H,12,13,14). The molecule has 0 atom stereocenters. The second-order valence-electron chi connectivity index (χ2n) is 3.80. The lowest BCUT2D eigenvalue weighted by molar-refractivity contribution is -0.385. The van der Waals surface area contributed by atoms with Gasteiger partial charge in [0.15, 0.2) is 0 Å². The summed E-state index contributed by atoms with van der Waals surface area (Å²) in [6.07, 6.45) is 2.20. The van der Waals surface area contributed by atoms with E-state index in [4.69, 9.17) is 0 Å². The summed E-state index contributed by atoms with van der Waals surface area (Å²) in [5.74, 6) is 0.244. The number of aromatic nitrogens is 2. The van der Waals surface area contributed by atoms with Crippen LogP contribution in [-0.4, -0.2) is 19.8 Å². The second-order valence-corrected chi connectivity index (χ2v) is 3.80. The van der Waals surface area contributed by atoms with Crippen molar-refractivity contribution in [2.75, 3.05) is 5.32 Å². The number of nitro benzene ring substituents is 1. The van der Waals surface area contributed by atoms with E-state index in [2.05, 4.69) is 15.3 Å². The zero-order chi connectivity index (χ0) is 14.5. The van der Waals surface area contributed by atoms with Gasteiger partial charge in [0.1, 0.15) is 12.4 Å². The number of anilines is 1. The molecule has 2 rings (SSSR count). The number of nitro groups is 2. The first kappa shape index (κ1) is 13.3. The first-order valence-electron chi connectivity index (χ1n) is 5.50. The Hall–Kier alpha value is -3.10. The smallest absolute Gasteiger partial charge is 0.305 e. The summed E-state index contributed by atoms with van der Waals surface area (Å²) in [5, 5.41) is 23.8. The lowest BCUT2D eigenvalue weighted by atomic mass is 10.2. The normalized spacial score (nSPS) is 10.0. The van der Waals surface area contributed by atoms with Gasteiger partial charge in [-0.05, 0) is 5.56 Å². The largest absolute Gasteiger partial charge is 0.350 e. The Morgan fingerprint density at radius 2 is 1.50 bits per heavy atom. The maximum absolute atomic E-state index is 10.5. The van der Waals surface area contributed by atoms with Crippen LogP contribution in [-0.2, 0) is 6.54 Å². The number of rotatable bonds is 5. The minimum Gasteiger partial charge on any atom is -0.350 e. The highest BCUT2D eigenvalue weighted by Crippen LogP contribution is 2.13. The van der Waals surface area contributed by atoms with E-state index in [1.807, 2.05) is 0 Å². The molecule has 0 fully saturated rings. The molecule has 0 amide bonds. The Bertz CT molecular complexity index is 569. The van der Waals surface area contributed by atoms with Gasteiger partial charge in [-0.1, -0.05) is 12.1 Å². The van der Waals surface area contributed by atoms with Crippen molar-refractivity contribution in [3.63, 3.8) is 0 Å². The minimum atomic E-state index is -0.583. The molecule has 1 heterocycles. The van der Waals surface area contributed by atoms with Gasteiger partial charge < -0.3 is 5.32 Å². The summed E-state index contributed by atoms with van der Waals surface area (Å²) in [6, 6.07) is 6.01. The number of hydrogen-bond donors (Lipinski definition) is 1. The molecule has 0 spiro atoms. The first-order valence-corrected chi connectivity index (χ1v) is 5.50. The van der Waals surface area contributed by atoms with Crippen LogP contribution in [0.1, 0.15) is 5.56 Å². The van der Waals surface area contributed by atoms with Crippen molar-refractivity contribution in [2.45, 2.75) is 6.54 Å². The molecule has 0 radical (unpaired) electrons. The fourth-order valence-electron chi connectivity index (χ4n) is 1.42. The number of nitrogens with one attached hydrogen (secondary N) is 1. The van der Waals surface area contributed by atoms with Crippen molar-refractivity contribution in [3.05, 3.63) is 62.5 Å². The maximum atomic E-state index is 10.5. The molecule has 9 heteroatoms. The van der Waals surface area contributed by atoms with E-state index in [1.165, 1.54) is 12.1 Å². The maximum Gasteiger partial charge on any atom is 0.305 e. The van der Waals surface area contributed by atoms with Crippen LogP contribution in [0.5, 0.6) is 0 Å². The van der Waals surface area contributed by atoms with E-state index in [0.717, 1.165) is 18.0 Å². The van der Waals surface area contributed by atoms with Crippen molar-refractivity contribution in [1.29, 1.82) is 0 Å². The predicted molar refractivity (Wildman–Crippen MR) is 69.1 cm³/mol. The molecule has 0 saturated carbocycles. The number of non-ortho nitro benzene ring substituents is 1. The van der Waals surface area contributed by atoms with Gasteiger partial charge in [-0.25, -0.2) is 9.97 Å². The highest BCUT2D eigenvalue weighted by molar-refractivity contribution is 5.36. The van der Waals surface area contributed by atoms with Crippen LogP contribution in [0.25, 0.3) is 0 Å². The summed E-state index contributed by atoms with van der Waals surface area (Å²) < 4.78 is 0. The van der Waals surface area contributed by atoms with Crippen molar-refractivity contribution < 1.29 is 9.85 Å². The van der Waals surface area contributed by atoms with E-state index in [0.29, 0.717) is 6.54 Å². The van der Waals surface area contributed by atoms with Gasteiger partial charge in [0.25, 0.3) is 5.69 Å². The summed E-state index contributed by atoms with van der Waals surface area (Å²) >= 11 is 0. The molecule has 0 bridgehead atoms. The Morgan fingerprint density at radius 3 is 2.00 bits per heavy atom. The molecular weight excluding hydrogens is 266 g/mol. The third kappa shape index (κ3) is 3.22. The fraction of sp³-hybridized carbons (Fsp3) is 0.0909. The molecule has 20 heavy (non-hydrogen) atoms. The topological polar surface area (TPSA) is 124 Å². The van der Waals surface area contributed by atoms with Crippen LogP contribution >= 0.6 is 0 Å². The van der Waals surface area contributed by atoms with E-state index < -0.39 is 9.85 Å². The Balaban J connectivity index is 1.97. The van der Waals surface area contributed by atoms with Gasteiger partial charge in [-0.3, -0.25) is 20.2 Å². The molecule has 1 aromatic carbocycles. The molecule has 102 valence electrons. The zero-order valence-electron chi connectivity index (χ0n) is 10.1. The van der Waals surface area contributed by atoms with Crippen LogP contribution < -0.4 is 5.32 Å². The van der Waals surface area contributed by atoms with Gasteiger partial charge in [0, 0.05) is 18.7 Å². The van der Waals surface area contributed by atoms with E-state index in [-0.39, 0.29) is 17.3 Å². The van der Waals surface area contributed by atoms with E-state index >= 15 is 0 Å². The highest BCUT2D eigenvalue weighted by Gasteiger charge is 2.07. The third-order valence-electron chi connectivity index (χ3n) is 2.45. The molecule has 1 N–H and O–H groups in total. The zero-order valence-corrected chi connectivity index (χ0v) is 10.1. The van der Waals surface area contributed by atoms with Crippen molar-refractivity contribution in [1.82, 2.24) is 9.97 Å².